The van der Waals surface area contributed by atoms with Crippen LogP contribution in [0.5, 0.6) is 5.75 Å². The first-order valence-electron chi connectivity index (χ1n) is 10.6. The van der Waals surface area contributed by atoms with Crippen molar-refractivity contribution in [3.63, 3.8) is 0 Å². The molecule has 2 aromatic rings. The van der Waals surface area contributed by atoms with Gasteiger partial charge in [-0.15, -0.1) is 4.40 Å². The summed E-state index contributed by atoms with van der Waals surface area (Å²) in [6.07, 6.45) is 1.35. The monoisotopic (exact) mass is 500 g/mol. The van der Waals surface area contributed by atoms with Gasteiger partial charge in [-0.2, -0.15) is 0 Å². The number of aromatic nitrogens is 1. The third-order valence-corrected chi connectivity index (χ3v) is 6.51. The molecule has 1 saturated heterocycles. The lowest BCUT2D eigenvalue weighted by molar-refractivity contribution is -0.116. The number of carbonyl (C=O) groups is 3. The van der Waals surface area contributed by atoms with E-state index in [-0.39, 0.29) is 36.1 Å². The Morgan fingerprint density at radius 1 is 1.26 bits per heavy atom. The van der Waals surface area contributed by atoms with E-state index in [0.29, 0.717) is 16.9 Å². The Hall–Kier alpha value is -4.00. The number of pyridine rings is 1. The minimum atomic E-state index is -3.67. The maximum absolute atomic E-state index is 12.9. The van der Waals surface area contributed by atoms with Crippen molar-refractivity contribution in [2.45, 2.75) is 25.1 Å². The van der Waals surface area contributed by atoms with Crippen LogP contribution in [0.1, 0.15) is 35.3 Å². The van der Waals surface area contributed by atoms with Crippen LogP contribution in [0.25, 0.3) is 0 Å². The average Bonchev–Trinajstić information content (AvgIpc) is 3.02. The van der Waals surface area contributed by atoms with Crippen molar-refractivity contribution in [2.24, 2.45) is 10.1 Å². The Bertz CT molecular complexity index is 1370. The van der Waals surface area contributed by atoms with Crippen molar-refractivity contribution in [3.8, 4) is 5.75 Å². The molecule has 4 amide bonds. The van der Waals surface area contributed by atoms with Gasteiger partial charge in [-0.05, 0) is 37.6 Å². The number of sulfonamides is 1. The Morgan fingerprint density at radius 3 is 2.69 bits per heavy atom. The lowest BCUT2D eigenvalue weighted by atomic mass is 10.0. The molecule has 13 heteroatoms. The number of hydrogen-bond acceptors (Lipinski definition) is 8. The van der Waals surface area contributed by atoms with Crippen LogP contribution in [0.4, 0.5) is 10.6 Å². The Balaban J connectivity index is 1.47. The highest BCUT2D eigenvalue weighted by Crippen LogP contribution is 2.28. The molecule has 1 aromatic carbocycles. The first-order chi connectivity index (χ1) is 16.4. The van der Waals surface area contributed by atoms with E-state index in [4.69, 9.17) is 10.5 Å². The summed E-state index contributed by atoms with van der Waals surface area (Å²) in [5.74, 6) is -0.906. The van der Waals surface area contributed by atoms with Crippen molar-refractivity contribution < 1.29 is 27.5 Å². The van der Waals surface area contributed by atoms with E-state index in [9.17, 15) is 22.8 Å². The van der Waals surface area contributed by atoms with Crippen LogP contribution in [0.15, 0.2) is 40.9 Å². The molecule has 1 fully saturated rings. The largest absolute Gasteiger partial charge is 0.490 e. The van der Waals surface area contributed by atoms with Gasteiger partial charge < -0.3 is 20.7 Å². The van der Waals surface area contributed by atoms with Crippen molar-refractivity contribution in [1.29, 1.82) is 0 Å². The first-order valence-corrected chi connectivity index (χ1v) is 12.2. The van der Waals surface area contributed by atoms with Crippen LogP contribution in [-0.2, 0) is 20.6 Å². The summed E-state index contributed by atoms with van der Waals surface area (Å²) in [6, 6.07) is 7.26. The molecule has 2 aliphatic rings. The number of anilines is 1. The van der Waals surface area contributed by atoms with Crippen LogP contribution in [0, 0.1) is 0 Å². The topological polar surface area (TPSA) is 164 Å². The first kappa shape index (κ1) is 24.1. The number of benzene rings is 1. The van der Waals surface area contributed by atoms with Gasteiger partial charge in [-0.1, -0.05) is 12.1 Å². The predicted molar refractivity (Wildman–Crippen MR) is 127 cm³/mol. The van der Waals surface area contributed by atoms with E-state index in [1.807, 2.05) is 0 Å². The lowest BCUT2D eigenvalue weighted by Gasteiger charge is -2.27. The number of nitrogens with zero attached hydrogens (tertiary/aromatic N) is 4. The SMILES string of the molecule is CN1CC(=O)N(c2cc(C(=O)NC(C)(C)COc3cccc4c3C(N)=NS(=O)(=O)C4)ccn2)C1=O. The fourth-order valence-electron chi connectivity index (χ4n) is 3.73. The second-order valence-corrected chi connectivity index (χ2v) is 10.5. The molecule has 184 valence electrons. The highest BCUT2D eigenvalue weighted by atomic mass is 32.2. The summed E-state index contributed by atoms with van der Waals surface area (Å²) in [7, 11) is -2.17. The molecule has 0 spiro atoms. The van der Waals surface area contributed by atoms with E-state index in [1.54, 1.807) is 32.0 Å². The zero-order chi connectivity index (χ0) is 25.5. The average molecular weight is 501 g/mol. The molecule has 2 aliphatic heterocycles. The van der Waals surface area contributed by atoms with Gasteiger partial charge in [0, 0.05) is 18.8 Å². The number of nitrogens with two attached hydrogens (primary N) is 1. The minimum absolute atomic E-state index is 0.0288. The molecule has 0 radical (unpaired) electrons. The van der Waals surface area contributed by atoms with Crippen LogP contribution in [0.3, 0.4) is 0 Å². The van der Waals surface area contributed by atoms with Crippen LogP contribution in [0.2, 0.25) is 0 Å². The summed E-state index contributed by atoms with van der Waals surface area (Å²) in [6.45, 7) is 3.45. The number of amides is 4. The molecule has 0 atom stereocenters. The number of nitrogens with one attached hydrogen (secondary N) is 1. The molecule has 0 saturated carbocycles. The minimum Gasteiger partial charge on any atom is -0.490 e. The van der Waals surface area contributed by atoms with E-state index in [1.165, 1.54) is 30.3 Å². The Labute approximate surface area is 201 Å². The van der Waals surface area contributed by atoms with Gasteiger partial charge in [-0.25, -0.2) is 23.1 Å². The number of ether oxygens (including phenoxy) is 1. The van der Waals surface area contributed by atoms with Gasteiger partial charge in [0.05, 0.1) is 16.9 Å². The third-order valence-electron chi connectivity index (χ3n) is 5.36. The summed E-state index contributed by atoms with van der Waals surface area (Å²) >= 11 is 0. The van der Waals surface area contributed by atoms with Gasteiger partial charge in [-0.3, -0.25) is 9.59 Å². The molecule has 4 rings (SSSR count). The molecule has 12 nitrogen and oxygen atoms in total. The molecule has 35 heavy (non-hydrogen) atoms. The van der Waals surface area contributed by atoms with E-state index in [0.717, 1.165) is 4.90 Å². The molecule has 3 N–H and O–H groups in total. The molecule has 0 aliphatic carbocycles. The second-order valence-electron chi connectivity index (χ2n) is 8.89. The fourth-order valence-corrected chi connectivity index (χ4v) is 4.82. The van der Waals surface area contributed by atoms with Crippen molar-refractivity contribution >= 4 is 39.5 Å². The van der Waals surface area contributed by atoms with Crippen molar-refractivity contribution in [3.05, 3.63) is 53.2 Å². The number of imide groups is 1. The van der Waals surface area contributed by atoms with E-state index >= 15 is 0 Å². The number of fused-ring (bicyclic) bond motifs is 1. The second kappa shape index (κ2) is 8.65. The predicted octanol–water partition coefficient (Wildman–Crippen LogP) is 0.616. The summed E-state index contributed by atoms with van der Waals surface area (Å²) < 4.78 is 33.2. The highest BCUT2D eigenvalue weighted by molar-refractivity contribution is 7.89. The molecule has 3 heterocycles. The standard InChI is InChI=1S/C22H24N6O6S/c1-22(2,12-34-15-6-4-5-14-11-35(32,33)26-19(23)18(14)15)25-20(30)13-7-8-24-16(9-13)28-17(29)10-27(3)21(28)31/h4-9H,10-12H2,1-3H3,(H2,23,26)(H,25,30). The number of amidine groups is 1. The fraction of sp³-hybridized carbons (Fsp3) is 0.318. The smallest absolute Gasteiger partial charge is 0.332 e. The quantitative estimate of drug-likeness (QED) is 0.545. The van der Waals surface area contributed by atoms with Crippen LogP contribution < -0.4 is 20.7 Å². The maximum Gasteiger partial charge on any atom is 0.332 e. The normalized spacial score (nSPS) is 17.2. The summed E-state index contributed by atoms with van der Waals surface area (Å²) in [5.41, 5.74) is 6.11. The molecule has 1 aromatic heterocycles. The molecule has 0 unspecified atom stereocenters. The number of likely N-dealkylation sites (N-methyl/N-ethyl adjacent to an activating group) is 1. The molecule has 0 bridgehead atoms. The highest BCUT2D eigenvalue weighted by Gasteiger charge is 2.36. The van der Waals surface area contributed by atoms with Gasteiger partial charge in [0.2, 0.25) is 0 Å². The van der Waals surface area contributed by atoms with E-state index in [2.05, 4.69) is 14.7 Å². The number of rotatable bonds is 6. The zero-order valence-electron chi connectivity index (χ0n) is 19.3. The van der Waals surface area contributed by atoms with Crippen LogP contribution in [-0.4, -0.2) is 67.7 Å². The van der Waals surface area contributed by atoms with Crippen molar-refractivity contribution in [1.82, 2.24) is 15.2 Å². The summed E-state index contributed by atoms with van der Waals surface area (Å²) in [5, 5.41) is 2.85. The van der Waals surface area contributed by atoms with Gasteiger partial charge in [0.15, 0.2) is 0 Å². The van der Waals surface area contributed by atoms with Crippen LogP contribution >= 0.6 is 0 Å². The molecular weight excluding hydrogens is 476 g/mol. The maximum atomic E-state index is 12.9. The van der Waals surface area contributed by atoms with Gasteiger partial charge in [0.25, 0.3) is 21.8 Å². The summed E-state index contributed by atoms with van der Waals surface area (Å²) in [4.78, 5) is 43.5. The Morgan fingerprint density at radius 2 is 2.00 bits per heavy atom. The number of hydrogen-bond donors (Lipinski definition) is 2. The van der Waals surface area contributed by atoms with Gasteiger partial charge >= 0.3 is 6.03 Å². The molecular formula is C22H24N6O6S. The number of carbonyl (C=O) groups excluding carboxylic acids is 3. The van der Waals surface area contributed by atoms with E-state index < -0.39 is 33.4 Å². The Kier molecular flexibility index (Phi) is 5.97. The van der Waals surface area contributed by atoms with Crippen molar-refractivity contribution in [2.75, 3.05) is 25.1 Å². The third kappa shape index (κ3) is 4.94. The zero-order valence-corrected chi connectivity index (χ0v) is 20.1. The number of urea groups is 1. The van der Waals surface area contributed by atoms with Gasteiger partial charge in [0.1, 0.15) is 30.6 Å². The lowest BCUT2D eigenvalue weighted by Crippen LogP contribution is -2.48.